The second-order valence-electron chi connectivity index (χ2n) is 8.27. The number of esters is 1. The smallest absolute Gasteiger partial charge is 0.337 e. The minimum atomic E-state index is -0.273. The number of rotatable bonds is 6. The van der Waals surface area contributed by atoms with E-state index in [9.17, 15) is 4.79 Å². The minimum absolute atomic E-state index is 0.273. The van der Waals surface area contributed by atoms with Crippen LogP contribution in [0.15, 0.2) is 24.3 Å². The molecule has 2 N–H and O–H groups in total. The Balaban J connectivity index is 1.57. The molecule has 2 fully saturated rings. The van der Waals surface area contributed by atoms with Crippen LogP contribution in [0.3, 0.4) is 0 Å². The molecule has 0 aliphatic carbocycles. The molecule has 26 heavy (non-hydrogen) atoms. The lowest BCUT2D eigenvalue weighted by Gasteiger charge is -2.37. The summed E-state index contributed by atoms with van der Waals surface area (Å²) < 4.78 is 4.77. The van der Waals surface area contributed by atoms with E-state index in [4.69, 9.17) is 4.74 Å². The fourth-order valence-corrected chi connectivity index (χ4v) is 4.54. The number of hydrazine groups is 1. The van der Waals surface area contributed by atoms with Gasteiger partial charge in [0, 0.05) is 25.7 Å². The van der Waals surface area contributed by atoms with Crippen LogP contribution in [-0.2, 0) is 11.3 Å². The van der Waals surface area contributed by atoms with Gasteiger partial charge >= 0.3 is 5.97 Å². The van der Waals surface area contributed by atoms with Gasteiger partial charge in [-0.15, -0.1) is 0 Å². The fraction of sp³-hybridized carbons (Fsp3) is 0.667. The number of benzene rings is 1. The van der Waals surface area contributed by atoms with Crippen LogP contribution < -0.4 is 10.9 Å². The zero-order valence-electron chi connectivity index (χ0n) is 16.3. The van der Waals surface area contributed by atoms with E-state index in [1.807, 2.05) is 24.3 Å². The molecule has 0 spiro atoms. The molecule has 0 radical (unpaired) electrons. The van der Waals surface area contributed by atoms with Gasteiger partial charge in [0.05, 0.1) is 12.7 Å². The SMILES string of the molecule is COC(=O)c1ccc(CN2CCCC(C3NNCC3CC(C)C)C2)cc1. The largest absolute Gasteiger partial charge is 0.465 e. The molecule has 144 valence electrons. The van der Waals surface area contributed by atoms with Gasteiger partial charge in [-0.05, 0) is 61.3 Å². The Morgan fingerprint density at radius 2 is 2.08 bits per heavy atom. The predicted octanol–water partition coefficient (Wildman–Crippen LogP) is 2.82. The maximum absolute atomic E-state index is 11.6. The van der Waals surface area contributed by atoms with Gasteiger partial charge in [0.25, 0.3) is 0 Å². The van der Waals surface area contributed by atoms with E-state index in [0.717, 1.165) is 38.0 Å². The zero-order chi connectivity index (χ0) is 18.5. The summed E-state index contributed by atoms with van der Waals surface area (Å²) in [4.78, 5) is 14.1. The fourth-order valence-electron chi connectivity index (χ4n) is 4.54. The molecule has 3 atom stereocenters. The highest BCUT2D eigenvalue weighted by molar-refractivity contribution is 5.89. The molecule has 1 aromatic carbocycles. The van der Waals surface area contributed by atoms with Gasteiger partial charge in [0.2, 0.25) is 0 Å². The predicted molar refractivity (Wildman–Crippen MR) is 104 cm³/mol. The number of carbonyl (C=O) groups excluding carboxylic acids is 1. The molecule has 0 amide bonds. The van der Waals surface area contributed by atoms with Crippen LogP contribution in [0.2, 0.25) is 0 Å². The van der Waals surface area contributed by atoms with Crippen LogP contribution in [0, 0.1) is 17.8 Å². The molecule has 3 unspecified atom stereocenters. The minimum Gasteiger partial charge on any atom is -0.465 e. The lowest BCUT2D eigenvalue weighted by Crippen LogP contribution is -2.46. The van der Waals surface area contributed by atoms with Crippen molar-refractivity contribution in [3.63, 3.8) is 0 Å². The zero-order valence-corrected chi connectivity index (χ0v) is 16.3. The van der Waals surface area contributed by atoms with Crippen LogP contribution in [-0.4, -0.2) is 43.7 Å². The number of hydrogen-bond acceptors (Lipinski definition) is 5. The summed E-state index contributed by atoms with van der Waals surface area (Å²) >= 11 is 0. The number of methoxy groups -OCH3 is 1. The molecule has 2 aliphatic heterocycles. The van der Waals surface area contributed by atoms with Crippen molar-refractivity contribution >= 4 is 5.97 Å². The molecular formula is C21H33N3O2. The molecule has 2 aliphatic rings. The maximum atomic E-state index is 11.6. The van der Waals surface area contributed by atoms with E-state index >= 15 is 0 Å². The van der Waals surface area contributed by atoms with Gasteiger partial charge in [-0.25, -0.2) is 4.79 Å². The number of nitrogens with one attached hydrogen (secondary N) is 2. The van der Waals surface area contributed by atoms with Gasteiger partial charge in [0.15, 0.2) is 0 Å². The van der Waals surface area contributed by atoms with E-state index in [1.165, 1.54) is 31.9 Å². The molecular weight excluding hydrogens is 326 g/mol. The number of likely N-dealkylation sites (tertiary alicyclic amines) is 1. The van der Waals surface area contributed by atoms with E-state index in [0.29, 0.717) is 17.5 Å². The van der Waals surface area contributed by atoms with Crippen LogP contribution in [0.4, 0.5) is 0 Å². The Labute approximate surface area is 157 Å². The summed E-state index contributed by atoms with van der Waals surface area (Å²) in [5.74, 6) is 1.92. The first kappa shape index (κ1) is 19.3. The van der Waals surface area contributed by atoms with Crippen molar-refractivity contribution < 1.29 is 9.53 Å². The Kier molecular flexibility index (Phi) is 6.68. The number of carbonyl (C=O) groups is 1. The Morgan fingerprint density at radius 3 is 2.77 bits per heavy atom. The van der Waals surface area contributed by atoms with Crippen LogP contribution in [0.1, 0.15) is 49.0 Å². The molecule has 5 nitrogen and oxygen atoms in total. The van der Waals surface area contributed by atoms with Crippen molar-refractivity contribution in [3.8, 4) is 0 Å². The number of piperidine rings is 1. The van der Waals surface area contributed by atoms with Crippen LogP contribution >= 0.6 is 0 Å². The highest BCUT2D eigenvalue weighted by atomic mass is 16.5. The molecule has 0 saturated carbocycles. The summed E-state index contributed by atoms with van der Waals surface area (Å²) in [6, 6.07) is 8.41. The maximum Gasteiger partial charge on any atom is 0.337 e. The third kappa shape index (κ3) is 4.84. The Bertz CT molecular complexity index is 587. The molecule has 1 aromatic rings. The molecule has 2 heterocycles. The summed E-state index contributed by atoms with van der Waals surface area (Å²) in [5, 5.41) is 0. The summed E-state index contributed by atoms with van der Waals surface area (Å²) in [6.45, 7) is 8.99. The Hall–Kier alpha value is -1.43. The average molecular weight is 360 g/mol. The van der Waals surface area contributed by atoms with E-state index in [1.54, 1.807) is 0 Å². The first-order chi connectivity index (χ1) is 12.6. The highest BCUT2D eigenvalue weighted by Gasteiger charge is 2.35. The summed E-state index contributed by atoms with van der Waals surface area (Å²) in [7, 11) is 1.42. The molecule has 5 heteroatoms. The monoisotopic (exact) mass is 359 g/mol. The van der Waals surface area contributed by atoms with Crippen molar-refractivity contribution in [2.24, 2.45) is 17.8 Å². The number of nitrogens with zero attached hydrogens (tertiary/aromatic N) is 1. The van der Waals surface area contributed by atoms with E-state index < -0.39 is 0 Å². The standard InChI is InChI=1S/C21H33N3O2/c1-15(2)11-19-12-22-23-20(19)18-5-4-10-24(14-18)13-16-6-8-17(9-7-16)21(25)26-3/h6-9,15,18-20,22-23H,4-5,10-14H2,1-3H3. The van der Waals surface area contributed by atoms with Gasteiger partial charge in [-0.2, -0.15) is 0 Å². The normalized spacial score (nSPS) is 27.0. The molecule has 0 aromatic heterocycles. The van der Waals surface area contributed by atoms with Crippen molar-refractivity contribution in [3.05, 3.63) is 35.4 Å². The quantitative estimate of drug-likeness (QED) is 0.765. The van der Waals surface area contributed by atoms with Gasteiger partial charge in [-0.3, -0.25) is 15.8 Å². The second kappa shape index (κ2) is 8.98. The third-order valence-electron chi connectivity index (χ3n) is 5.75. The van der Waals surface area contributed by atoms with E-state index in [-0.39, 0.29) is 5.97 Å². The molecule has 2 saturated heterocycles. The van der Waals surface area contributed by atoms with Crippen molar-refractivity contribution in [1.82, 2.24) is 15.8 Å². The van der Waals surface area contributed by atoms with Crippen molar-refractivity contribution in [2.45, 2.75) is 45.7 Å². The van der Waals surface area contributed by atoms with Crippen LogP contribution in [0.5, 0.6) is 0 Å². The van der Waals surface area contributed by atoms with Crippen LogP contribution in [0.25, 0.3) is 0 Å². The second-order valence-corrected chi connectivity index (χ2v) is 8.27. The molecule has 3 rings (SSSR count). The van der Waals surface area contributed by atoms with E-state index in [2.05, 4.69) is 29.6 Å². The Morgan fingerprint density at radius 1 is 1.31 bits per heavy atom. The number of ether oxygens (including phenoxy) is 1. The topological polar surface area (TPSA) is 53.6 Å². The van der Waals surface area contributed by atoms with Gasteiger partial charge in [-0.1, -0.05) is 26.0 Å². The number of hydrogen-bond donors (Lipinski definition) is 2. The third-order valence-corrected chi connectivity index (χ3v) is 5.75. The summed E-state index contributed by atoms with van der Waals surface area (Å²) in [6.07, 6.45) is 3.86. The first-order valence-electron chi connectivity index (χ1n) is 9.94. The lowest BCUT2D eigenvalue weighted by molar-refractivity contribution is 0.0600. The molecule has 0 bridgehead atoms. The van der Waals surface area contributed by atoms with Gasteiger partial charge in [0.1, 0.15) is 0 Å². The van der Waals surface area contributed by atoms with Gasteiger partial charge < -0.3 is 4.74 Å². The van der Waals surface area contributed by atoms with Crippen molar-refractivity contribution in [1.29, 1.82) is 0 Å². The highest BCUT2D eigenvalue weighted by Crippen LogP contribution is 2.29. The average Bonchev–Trinajstić information content (AvgIpc) is 3.09. The lowest BCUT2D eigenvalue weighted by atomic mass is 9.81. The first-order valence-corrected chi connectivity index (χ1v) is 9.94. The summed E-state index contributed by atoms with van der Waals surface area (Å²) in [5.41, 5.74) is 8.84. The van der Waals surface area contributed by atoms with Crippen molar-refractivity contribution in [2.75, 3.05) is 26.7 Å².